The van der Waals surface area contributed by atoms with Gasteiger partial charge in [0.15, 0.2) is 4.21 Å². The van der Waals surface area contributed by atoms with Gasteiger partial charge in [0.1, 0.15) is 0 Å². The molecule has 1 aromatic rings. The number of aromatic nitrogens is 1. The van der Waals surface area contributed by atoms with Crippen molar-refractivity contribution in [3.63, 3.8) is 0 Å². The molecule has 1 rings (SSSR count). The molecule has 0 aromatic carbocycles. The van der Waals surface area contributed by atoms with Crippen LogP contribution in [0, 0.1) is 6.92 Å². The van der Waals surface area contributed by atoms with Gasteiger partial charge in [0.05, 0.1) is 0 Å². The van der Waals surface area contributed by atoms with Crippen molar-refractivity contribution in [2.75, 3.05) is 6.54 Å². The summed E-state index contributed by atoms with van der Waals surface area (Å²) in [6.07, 6.45) is 1.28. The molecule has 1 heterocycles. The van der Waals surface area contributed by atoms with E-state index in [9.17, 15) is 18.0 Å². The number of aryl methyl sites for hydroxylation is 1. The first kappa shape index (κ1) is 14.9. The van der Waals surface area contributed by atoms with Crippen LogP contribution in [0.5, 0.6) is 0 Å². The predicted octanol–water partition coefficient (Wildman–Crippen LogP) is -0.321. The van der Waals surface area contributed by atoms with E-state index in [1.54, 1.807) is 0 Å². The second-order valence-corrected chi connectivity index (χ2v) is 6.69. The zero-order valence-electron chi connectivity index (χ0n) is 9.86. The molecule has 0 aliphatic carbocycles. The predicted molar refractivity (Wildman–Crippen MR) is 67.9 cm³/mol. The quantitative estimate of drug-likeness (QED) is 0.596. The number of rotatable bonds is 7. The fraction of sp³-hybridized carbons (Fsp3) is 0.556. The van der Waals surface area contributed by atoms with Gasteiger partial charge >= 0.3 is 4.87 Å². The zero-order chi connectivity index (χ0) is 13.8. The molecule has 0 atom stereocenters. The Labute approximate surface area is 108 Å². The minimum absolute atomic E-state index is 0.00222. The third-order valence-corrected chi connectivity index (χ3v) is 5.23. The minimum atomic E-state index is -3.65. The SMILES string of the molecule is Cc1[nH]c(=O)sc1S(=O)(=O)NCCCCC(N)=O. The number of primary amides is 1. The Morgan fingerprint density at radius 3 is 2.61 bits per heavy atom. The third-order valence-electron chi connectivity index (χ3n) is 2.17. The number of unbranched alkanes of at least 4 members (excludes halogenated alkanes) is 1. The van der Waals surface area contributed by atoms with Gasteiger partial charge in [-0.05, 0) is 19.8 Å². The van der Waals surface area contributed by atoms with E-state index in [-0.39, 0.29) is 17.2 Å². The summed E-state index contributed by atoms with van der Waals surface area (Å²) in [7, 11) is -3.65. The van der Waals surface area contributed by atoms with Crippen LogP contribution in [-0.4, -0.2) is 25.9 Å². The molecule has 0 aliphatic heterocycles. The van der Waals surface area contributed by atoms with Crippen molar-refractivity contribution in [1.82, 2.24) is 9.71 Å². The lowest BCUT2D eigenvalue weighted by Crippen LogP contribution is -2.25. The lowest BCUT2D eigenvalue weighted by molar-refractivity contribution is -0.118. The van der Waals surface area contributed by atoms with Gasteiger partial charge in [0.2, 0.25) is 5.91 Å². The topological polar surface area (TPSA) is 122 Å². The Morgan fingerprint density at radius 2 is 2.11 bits per heavy atom. The number of aromatic amines is 1. The highest BCUT2D eigenvalue weighted by Crippen LogP contribution is 2.15. The molecular formula is C9H15N3O4S2. The fourth-order valence-electron chi connectivity index (χ4n) is 1.34. The van der Waals surface area contributed by atoms with Gasteiger partial charge < -0.3 is 10.7 Å². The molecular weight excluding hydrogens is 278 g/mol. The van der Waals surface area contributed by atoms with E-state index in [1.165, 1.54) is 6.92 Å². The van der Waals surface area contributed by atoms with Crippen LogP contribution in [0.2, 0.25) is 0 Å². The van der Waals surface area contributed by atoms with E-state index in [1.807, 2.05) is 0 Å². The molecule has 0 spiro atoms. The largest absolute Gasteiger partial charge is 0.370 e. The highest BCUT2D eigenvalue weighted by Gasteiger charge is 2.19. The Hall–Kier alpha value is -1.19. The van der Waals surface area contributed by atoms with Gasteiger partial charge in [0.25, 0.3) is 10.0 Å². The van der Waals surface area contributed by atoms with Crippen molar-refractivity contribution < 1.29 is 13.2 Å². The minimum Gasteiger partial charge on any atom is -0.370 e. The fourth-order valence-corrected chi connectivity index (χ4v) is 3.76. The smallest absolute Gasteiger partial charge is 0.305 e. The van der Waals surface area contributed by atoms with Crippen molar-refractivity contribution in [2.45, 2.75) is 30.4 Å². The van der Waals surface area contributed by atoms with E-state index in [4.69, 9.17) is 5.73 Å². The van der Waals surface area contributed by atoms with Crippen molar-refractivity contribution in [2.24, 2.45) is 5.73 Å². The number of nitrogens with two attached hydrogens (primary N) is 1. The van der Waals surface area contributed by atoms with Crippen LogP contribution in [0.15, 0.2) is 9.00 Å². The lowest BCUT2D eigenvalue weighted by Gasteiger charge is -2.04. The molecule has 0 unspecified atom stereocenters. The average Bonchev–Trinajstić information content (AvgIpc) is 2.57. The number of hydrogen-bond acceptors (Lipinski definition) is 5. The number of H-pyrrole nitrogens is 1. The van der Waals surface area contributed by atoms with Crippen molar-refractivity contribution in [3.05, 3.63) is 15.4 Å². The normalized spacial score (nSPS) is 11.6. The Bertz CT molecular complexity index is 573. The van der Waals surface area contributed by atoms with Gasteiger partial charge in [-0.15, -0.1) is 0 Å². The molecule has 1 aromatic heterocycles. The number of hydrogen-bond donors (Lipinski definition) is 3. The maximum absolute atomic E-state index is 11.8. The summed E-state index contributed by atoms with van der Waals surface area (Å²) >= 11 is 0.654. The second kappa shape index (κ2) is 6.12. The number of carbonyl (C=O) groups excluding carboxylic acids is 1. The number of thiazole rings is 1. The maximum Gasteiger partial charge on any atom is 0.305 e. The number of sulfonamides is 1. The van der Waals surface area contributed by atoms with Gasteiger partial charge in [0, 0.05) is 18.7 Å². The van der Waals surface area contributed by atoms with Crippen LogP contribution in [0.1, 0.15) is 25.0 Å². The van der Waals surface area contributed by atoms with E-state index < -0.39 is 20.8 Å². The molecule has 18 heavy (non-hydrogen) atoms. The van der Waals surface area contributed by atoms with E-state index in [0.29, 0.717) is 29.9 Å². The highest BCUT2D eigenvalue weighted by atomic mass is 32.2. The molecule has 4 N–H and O–H groups in total. The molecule has 9 heteroatoms. The first-order chi connectivity index (χ1) is 8.33. The Kier molecular flexibility index (Phi) is 5.05. The number of amides is 1. The van der Waals surface area contributed by atoms with Gasteiger partial charge in [-0.25, -0.2) is 13.1 Å². The molecule has 7 nitrogen and oxygen atoms in total. The average molecular weight is 293 g/mol. The third kappa shape index (κ3) is 4.24. The molecule has 0 bridgehead atoms. The van der Waals surface area contributed by atoms with Gasteiger partial charge in [-0.1, -0.05) is 11.3 Å². The molecule has 0 fully saturated rings. The van der Waals surface area contributed by atoms with Gasteiger partial charge in [-0.2, -0.15) is 0 Å². The first-order valence-electron chi connectivity index (χ1n) is 5.30. The second-order valence-electron chi connectivity index (χ2n) is 3.75. The van der Waals surface area contributed by atoms with Crippen LogP contribution < -0.4 is 15.3 Å². The van der Waals surface area contributed by atoms with E-state index >= 15 is 0 Å². The molecule has 0 radical (unpaired) electrons. The lowest BCUT2D eigenvalue weighted by atomic mass is 10.2. The Morgan fingerprint density at radius 1 is 1.44 bits per heavy atom. The van der Waals surface area contributed by atoms with E-state index in [2.05, 4.69) is 9.71 Å². The zero-order valence-corrected chi connectivity index (χ0v) is 11.5. The summed E-state index contributed by atoms with van der Waals surface area (Å²) in [4.78, 5) is 23.5. The summed E-state index contributed by atoms with van der Waals surface area (Å²) in [6, 6.07) is 0. The van der Waals surface area contributed by atoms with Crippen molar-refractivity contribution >= 4 is 27.3 Å². The van der Waals surface area contributed by atoms with E-state index in [0.717, 1.165) is 0 Å². The van der Waals surface area contributed by atoms with Crippen molar-refractivity contribution in [3.8, 4) is 0 Å². The van der Waals surface area contributed by atoms with Crippen LogP contribution in [-0.2, 0) is 14.8 Å². The summed E-state index contributed by atoms with van der Waals surface area (Å²) in [5.41, 5.74) is 5.29. The van der Waals surface area contributed by atoms with Crippen molar-refractivity contribution in [1.29, 1.82) is 0 Å². The van der Waals surface area contributed by atoms with Crippen LogP contribution in [0.4, 0.5) is 0 Å². The maximum atomic E-state index is 11.8. The standard InChI is InChI=1S/C9H15N3O4S2/c1-6-8(17-9(14)12-6)18(15,16)11-5-3-2-4-7(10)13/h11H,2-5H2,1H3,(H2,10,13)(H,12,14). The van der Waals surface area contributed by atoms with Crippen LogP contribution >= 0.6 is 11.3 Å². The molecule has 102 valence electrons. The first-order valence-corrected chi connectivity index (χ1v) is 7.60. The van der Waals surface area contributed by atoms with Crippen LogP contribution in [0.3, 0.4) is 0 Å². The summed E-state index contributed by atoms with van der Waals surface area (Å²) in [5, 5.41) is 0. The number of carbonyl (C=O) groups is 1. The summed E-state index contributed by atoms with van der Waals surface area (Å²) in [6.45, 7) is 1.74. The molecule has 1 amide bonds. The summed E-state index contributed by atoms with van der Waals surface area (Å²) in [5.74, 6) is -0.405. The highest BCUT2D eigenvalue weighted by molar-refractivity contribution is 7.91. The number of nitrogens with one attached hydrogen (secondary N) is 2. The molecule has 0 saturated carbocycles. The van der Waals surface area contributed by atoms with Crippen LogP contribution in [0.25, 0.3) is 0 Å². The molecule has 0 saturated heterocycles. The van der Waals surface area contributed by atoms with Gasteiger partial charge in [-0.3, -0.25) is 9.59 Å². The Balaban J connectivity index is 2.53. The molecule has 0 aliphatic rings. The monoisotopic (exact) mass is 293 g/mol. The summed E-state index contributed by atoms with van der Waals surface area (Å²) < 4.78 is 26.0.